The van der Waals surface area contributed by atoms with Gasteiger partial charge in [-0.25, -0.2) is 4.79 Å². The number of nitro groups is 1. The lowest BCUT2D eigenvalue weighted by atomic mass is 10.1. The van der Waals surface area contributed by atoms with E-state index in [4.69, 9.17) is 11.6 Å². The number of rotatable bonds is 4. The lowest BCUT2D eigenvalue weighted by Crippen LogP contribution is -2.05. The number of aromatic carboxylic acids is 1. The van der Waals surface area contributed by atoms with Crippen LogP contribution in [0.5, 0.6) is 0 Å². The molecule has 0 aromatic heterocycles. The molecule has 0 radical (unpaired) electrons. The van der Waals surface area contributed by atoms with Crippen molar-refractivity contribution in [1.29, 1.82) is 0 Å². The van der Waals surface area contributed by atoms with E-state index < -0.39 is 10.9 Å². The monoisotopic (exact) mass is 306 g/mol. The van der Waals surface area contributed by atoms with Gasteiger partial charge in [0, 0.05) is 17.8 Å². The number of halogens is 1. The molecule has 0 heterocycles. The molecule has 0 atom stereocenters. The number of carboxylic acid groups (broad SMARTS) is 1. The molecule has 0 aliphatic heterocycles. The van der Waals surface area contributed by atoms with Crippen molar-refractivity contribution in [1.82, 2.24) is 0 Å². The summed E-state index contributed by atoms with van der Waals surface area (Å²) >= 11 is 5.99. The molecule has 0 fully saturated rings. The summed E-state index contributed by atoms with van der Waals surface area (Å²) < 4.78 is 0. The predicted molar refractivity (Wildman–Crippen MR) is 79.5 cm³/mol. The van der Waals surface area contributed by atoms with Crippen LogP contribution in [-0.2, 0) is 0 Å². The van der Waals surface area contributed by atoms with Gasteiger partial charge in [0.25, 0.3) is 5.69 Å². The highest BCUT2D eigenvalue weighted by molar-refractivity contribution is 6.34. The van der Waals surface area contributed by atoms with Gasteiger partial charge in [-0.2, -0.15) is 0 Å². The normalized spacial score (nSPS) is 10.2. The Bertz CT molecular complexity index is 731. The van der Waals surface area contributed by atoms with Crippen molar-refractivity contribution in [2.45, 2.75) is 6.92 Å². The maximum absolute atomic E-state index is 11.3. The molecule has 0 unspecified atom stereocenters. The fourth-order valence-electron chi connectivity index (χ4n) is 1.84. The third kappa shape index (κ3) is 3.11. The topological polar surface area (TPSA) is 92.5 Å². The van der Waals surface area contributed by atoms with Gasteiger partial charge < -0.3 is 10.4 Å². The third-order valence-corrected chi connectivity index (χ3v) is 3.22. The molecule has 2 rings (SSSR count). The quantitative estimate of drug-likeness (QED) is 0.658. The Morgan fingerprint density at radius 3 is 2.57 bits per heavy atom. The molecule has 0 saturated heterocycles. The highest BCUT2D eigenvalue weighted by atomic mass is 35.5. The number of carboxylic acids is 1. The van der Waals surface area contributed by atoms with Crippen molar-refractivity contribution in [2.24, 2.45) is 0 Å². The molecule has 7 heteroatoms. The van der Waals surface area contributed by atoms with Crippen LogP contribution in [0.1, 0.15) is 15.9 Å². The minimum absolute atomic E-state index is 0.0233. The summed E-state index contributed by atoms with van der Waals surface area (Å²) in [5, 5.41) is 22.9. The molecule has 0 aliphatic rings. The van der Waals surface area contributed by atoms with Crippen molar-refractivity contribution in [3.63, 3.8) is 0 Å². The van der Waals surface area contributed by atoms with Crippen LogP contribution in [-0.4, -0.2) is 16.0 Å². The van der Waals surface area contributed by atoms with Gasteiger partial charge in [0.2, 0.25) is 0 Å². The molecular weight excluding hydrogens is 296 g/mol. The van der Waals surface area contributed by atoms with E-state index >= 15 is 0 Å². The number of anilines is 2. The van der Waals surface area contributed by atoms with E-state index in [0.717, 1.165) is 17.7 Å². The second-order valence-corrected chi connectivity index (χ2v) is 4.76. The van der Waals surface area contributed by atoms with E-state index in [1.54, 1.807) is 12.1 Å². The summed E-state index contributed by atoms with van der Waals surface area (Å²) in [5.41, 5.74) is 1.08. The maximum Gasteiger partial charge on any atom is 0.338 e. The second kappa shape index (κ2) is 5.80. The zero-order chi connectivity index (χ0) is 15.6. The van der Waals surface area contributed by atoms with Gasteiger partial charge in [-0.3, -0.25) is 10.1 Å². The van der Waals surface area contributed by atoms with Crippen LogP contribution in [0.4, 0.5) is 17.1 Å². The summed E-state index contributed by atoms with van der Waals surface area (Å²) in [6, 6.07) is 9.34. The first-order valence-corrected chi connectivity index (χ1v) is 6.32. The minimum atomic E-state index is -1.29. The summed E-state index contributed by atoms with van der Waals surface area (Å²) in [6.07, 6.45) is 0. The lowest BCUT2D eigenvalue weighted by Gasteiger charge is -2.13. The second-order valence-electron chi connectivity index (χ2n) is 4.35. The molecule has 108 valence electrons. The summed E-state index contributed by atoms with van der Waals surface area (Å²) in [7, 11) is 0. The van der Waals surface area contributed by atoms with E-state index in [1.165, 1.54) is 0 Å². The fraction of sp³-hybridized carbons (Fsp3) is 0.0714. The number of carbonyl (C=O) groups is 1. The van der Waals surface area contributed by atoms with Crippen LogP contribution in [0, 0.1) is 17.0 Å². The lowest BCUT2D eigenvalue weighted by molar-refractivity contribution is -0.384. The maximum atomic E-state index is 11.3. The van der Waals surface area contributed by atoms with Crippen molar-refractivity contribution >= 4 is 34.6 Å². The van der Waals surface area contributed by atoms with Crippen molar-refractivity contribution in [2.75, 3.05) is 5.32 Å². The van der Waals surface area contributed by atoms with Crippen LogP contribution >= 0.6 is 11.6 Å². The third-order valence-electron chi connectivity index (χ3n) is 2.92. The Kier molecular flexibility index (Phi) is 4.09. The summed E-state index contributed by atoms with van der Waals surface area (Å²) in [5.74, 6) is -1.29. The first-order chi connectivity index (χ1) is 9.90. The van der Waals surface area contributed by atoms with E-state index in [1.807, 2.05) is 19.1 Å². The Balaban J connectivity index is 2.55. The van der Waals surface area contributed by atoms with Crippen LogP contribution in [0.15, 0.2) is 36.4 Å². The first kappa shape index (κ1) is 14.8. The standard InChI is InChI=1S/C14H11ClN2O4/c1-8-4-2-3-5-12(8)16-13-10(14(18)19)6-9(17(20)21)7-11(13)15/h2-7,16H,1H3,(H,18,19). The Labute approximate surface area is 125 Å². The van der Waals surface area contributed by atoms with Crippen LogP contribution in [0.3, 0.4) is 0 Å². The number of nitrogens with one attached hydrogen (secondary N) is 1. The number of benzene rings is 2. The number of non-ortho nitro benzene ring substituents is 1. The minimum Gasteiger partial charge on any atom is -0.478 e. The molecule has 2 aromatic rings. The number of nitro benzene ring substituents is 1. The number of aryl methyl sites for hydroxylation is 1. The van der Waals surface area contributed by atoms with Gasteiger partial charge in [-0.1, -0.05) is 29.8 Å². The van der Waals surface area contributed by atoms with Crippen LogP contribution < -0.4 is 5.32 Å². The highest BCUT2D eigenvalue weighted by Gasteiger charge is 2.20. The molecule has 0 saturated carbocycles. The smallest absolute Gasteiger partial charge is 0.338 e. The molecule has 0 bridgehead atoms. The van der Waals surface area contributed by atoms with Gasteiger partial charge in [0.1, 0.15) is 0 Å². The molecule has 0 amide bonds. The predicted octanol–water partition coefficient (Wildman–Crippen LogP) is 4.00. The SMILES string of the molecule is Cc1ccccc1Nc1c(Cl)cc([N+](=O)[O-])cc1C(=O)O. The van der Waals surface area contributed by atoms with Crippen molar-refractivity contribution < 1.29 is 14.8 Å². The van der Waals surface area contributed by atoms with E-state index in [0.29, 0.717) is 5.69 Å². The Hall–Kier alpha value is -2.60. The zero-order valence-electron chi connectivity index (χ0n) is 11.0. The molecule has 0 aliphatic carbocycles. The first-order valence-electron chi connectivity index (χ1n) is 5.94. The van der Waals surface area contributed by atoms with Crippen molar-refractivity contribution in [3.05, 3.63) is 62.7 Å². The molecule has 21 heavy (non-hydrogen) atoms. The molecule has 2 aromatic carbocycles. The molecule has 2 N–H and O–H groups in total. The van der Waals surface area contributed by atoms with E-state index in [9.17, 15) is 20.0 Å². The van der Waals surface area contributed by atoms with Crippen molar-refractivity contribution in [3.8, 4) is 0 Å². The van der Waals surface area contributed by atoms with Crippen LogP contribution in [0.2, 0.25) is 5.02 Å². The fourth-order valence-corrected chi connectivity index (χ4v) is 2.10. The molecular formula is C14H11ClN2O4. The highest BCUT2D eigenvalue weighted by Crippen LogP contribution is 2.34. The summed E-state index contributed by atoms with van der Waals surface area (Å²) in [6.45, 7) is 1.85. The van der Waals surface area contributed by atoms with Crippen LogP contribution in [0.25, 0.3) is 0 Å². The van der Waals surface area contributed by atoms with E-state index in [-0.39, 0.29) is 22.0 Å². The number of hydrogen-bond acceptors (Lipinski definition) is 4. The molecule has 6 nitrogen and oxygen atoms in total. The van der Waals surface area contributed by atoms with Gasteiger partial charge in [0.15, 0.2) is 0 Å². The largest absolute Gasteiger partial charge is 0.478 e. The van der Waals surface area contributed by atoms with Gasteiger partial charge in [-0.05, 0) is 18.6 Å². The van der Waals surface area contributed by atoms with E-state index in [2.05, 4.69) is 5.32 Å². The number of nitrogens with zero attached hydrogens (tertiary/aromatic N) is 1. The number of hydrogen-bond donors (Lipinski definition) is 2. The number of para-hydroxylation sites is 1. The zero-order valence-corrected chi connectivity index (χ0v) is 11.7. The van der Waals surface area contributed by atoms with Gasteiger partial charge >= 0.3 is 5.97 Å². The van der Waals surface area contributed by atoms with Gasteiger partial charge in [0.05, 0.1) is 21.2 Å². The Morgan fingerprint density at radius 1 is 1.33 bits per heavy atom. The average Bonchev–Trinajstić information content (AvgIpc) is 2.42. The summed E-state index contributed by atoms with van der Waals surface area (Å²) in [4.78, 5) is 21.4. The molecule has 0 spiro atoms. The Morgan fingerprint density at radius 2 is 2.00 bits per heavy atom. The average molecular weight is 307 g/mol. The van der Waals surface area contributed by atoms with Gasteiger partial charge in [-0.15, -0.1) is 0 Å².